The van der Waals surface area contributed by atoms with E-state index in [9.17, 15) is 14.7 Å². The minimum Gasteiger partial charge on any atom is -0.507 e. The van der Waals surface area contributed by atoms with Crippen molar-refractivity contribution in [2.45, 2.75) is 20.8 Å². The van der Waals surface area contributed by atoms with Crippen LogP contribution in [0.15, 0.2) is 36.4 Å². The van der Waals surface area contributed by atoms with Crippen LogP contribution in [0.25, 0.3) is 0 Å². The lowest BCUT2D eigenvalue weighted by atomic mass is 10.1. The summed E-state index contributed by atoms with van der Waals surface area (Å²) in [5, 5.41) is 21.5. The first-order chi connectivity index (χ1) is 11.8. The van der Waals surface area contributed by atoms with Crippen molar-refractivity contribution >= 4 is 17.6 Å². The van der Waals surface area contributed by atoms with Crippen LogP contribution in [0.3, 0.4) is 0 Å². The molecule has 0 bridgehead atoms. The number of carbonyl (C=O) groups excluding carboxylic acids is 1. The van der Waals surface area contributed by atoms with E-state index in [0.717, 1.165) is 0 Å². The third kappa shape index (κ3) is 4.73. The molecule has 132 valence electrons. The van der Waals surface area contributed by atoms with Gasteiger partial charge in [-0.05, 0) is 54.8 Å². The molecule has 0 saturated carbocycles. The number of aryl methyl sites for hydroxylation is 1. The number of aromatic hydroxyl groups is 1. The number of carbonyl (C=O) groups is 2. The molecule has 0 aromatic heterocycles. The molecule has 0 heterocycles. The second kappa shape index (κ2) is 7.70. The smallest absolute Gasteiger partial charge is 0.339 e. The average Bonchev–Trinajstić information content (AvgIpc) is 2.56. The van der Waals surface area contributed by atoms with E-state index >= 15 is 0 Å². The fourth-order valence-corrected chi connectivity index (χ4v) is 2.18. The number of phenols is 1. The van der Waals surface area contributed by atoms with Crippen LogP contribution in [0.1, 0.15) is 40.1 Å². The third-order valence-corrected chi connectivity index (χ3v) is 3.49. The van der Waals surface area contributed by atoms with Crippen molar-refractivity contribution < 1.29 is 24.5 Å². The van der Waals surface area contributed by atoms with Crippen molar-refractivity contribution in [2.75, 3.05) is 11.9 Å². The quantitative estimate of drug-likeness (QED) is 0.695. The minimum absolute atomic E-state index is 0.257. The minimum atomic E-state index is -1.26. The molecule has 2 aromatic carbocycles. The Kier molecular flexibility index (Phi) is 5.64. The van der Waals surface area contributed by atoms with E-state index < -0.39 is 5.97 Å². The SMILES string of the molecule is Cc1cc(NC(=O)c2ccc(OCC(C)C)cc2)cc(C(=O)O)c1O. The first-order valence-corrected chi connectivity index (χ1v) is 7.89. The molecule has 0 radical (unpaired) electrons. The molecular weight excluding hydrogens is 322 g/mol. The van der Waals surface area contributed by atoms with Gasteiger partial charge in [-0.25, -0.2) is 4.79 Å². The van der Waals surface area contributed by atoms with Gasteiger partial charge in [-0.1, -0.05) is 13.8 Å². The number of anilines is 1. The second-order valence-corrected chi connectivity index (χ2v) is 6.18. The highest BCUT2D eigenvalue weighted by Gasteiger charge is 2.15. The fraction of sp³-hybridized carbons (Fsp3) is 0.263. The van der Waals surface area contributed by atoms with Gasteiger partial charge >= 0.3 is 5.97 Å². The lowest BCUT2D eigenvalue weighted by molar-refractivity contribution is 0.0693. The van der Waals surface area contributed by atoms with E-state index in [-0.39, 0.29) is 17.2 Å². The number of ether oxygens (including phenoxy) is 1. The largest absolute Gasteiger partial charge is 0.507 e. The maximum atomic E-state index is 12.3. The van der Waals surface area contributed by atoms with Crippen LogP contribution in [0.4, 0.5) is 5.69 Å². The summed E-state index contributed by atoms with van der Waals surface area (Å²) in [5.74, 6) is -0.861. The lowest BCUT2D eigenvalue weighted by Gasteiger charge is -2.11. The number of hydrogen-bond acceptors (Lipinski definition) is 4. The van der Waals surface area contributed by atoms with Gasteiger partial charge in [-0.2, -0.15) is 0 Å². The van der Waals surface area contributed by atoms with Crippen molar-refractivity contribution in [3.8, 4) is 11.5 Å². The number of rotatable bonds is 6. The maximum absolute atomic E-state index is 12.3. The van der Waals surface area contributed by atoms with Crippen LogP contribution in [0.2, 0.25) is 0 Å². The number of hydrogen-bond donors (Lipinski definition) is 3. The van der Waals surface area contributed by atoms with Gasteiger partial charge in [0.1, 0.15) is 17.1 Å². The molecule has 6 heteroatoms. The third-order valence-electron chi connectivity index (χ3n) is 3.49. The van der Waals surface area contributed by atoms with Crippen LogP contribution >= 0.6 is 0 Å². The number of aromatic carboxylic acids is 1. The van der Waals surface area contributed by atoms with Crippen molar-refractivity contribution in [1.82, 2.24) is 0 Å². The predicted molar refractivity (Wildman–Crippen MR) is 94.5 cm³/mol. The van der Waals surface area contributed by atoms with Gasteiger partial charge in [-0.15, -0.1) is 0 Å². The van der Waals surface area contributed by atoms with Gasteiger partial charge in [0.15, 0.2) is 0 Å². The Morgan fingerprint density at radius 3 is 2.36 bits per heavy atom. The van der Waals surface area contributed by atoms with E-state index in [1.807, 2.05) is 13.8 Å². The first kappa shape index (κ1) is 18.3. The molecular formula is C19H21NO5. The summed E-state index contributed by atoms with van der Waals surface area (Å²) < 4.78 is 5.57. The van der Waals surface area contributed by atoms with Gasteiger partial charge in [0, 0.05) is 11.3 Å². The van der Waals surface area contributed by atoms with E-state index in [2.05, 4.69) is 5.32 Å². The zero-order chi connectivity index (χ0) is 18.6. The molecule has 25 heavy (non-hydrogen) atoms. The fourth-order valence-electron chi connectivity index (χ4n) is 2.18. The normalized spacial score (nSPS) is 10.6. The van der Waals surface area contributed by atoms with E-state index in [4.69, 9.17) is 9.84 Å². The predicted octanol–water partition coefficient (Wildman–Crippen LogP) is 3.69. The van der Waals surface area contributed by atoms with Crippen molar-refractivity contribution in [3.05, 3.63) is 53.1 Å². The molecule has 0 aliphatic carbocycles. The summed E-state index contributed by atoms with van der Waals surface area (Å²) in [6.45, 7) is 6.26. The molecule has 3 N–H and O–H groups in total. The zero-order valence-electron chi connectivity index (χ0n) is 14.4. The van der Waals surface area contributed by atoms with Crippen LogP contribution in [0, 0.1) is 12.8 Å². The average molecular weight is 343 g/mol. The number of carboxylic acids is 1. The Bertz CT molecular complexity index is 781. The summed E-state index contributed by atoms with van der Waals surface area (Å²) in [4.78, 5) is 23.4. The van der Waals surface area contributed by atoms with Crippen molar-refractivity contribution in [1.29, 1.82) is 0 Å². The molecule has 0 saturated heterocycles. The number of amides is 1. The van der Waals surface area contributed by atoms with E-state index in [1.165, 1.54) is 12.1 Å². The Balaban J connectivity index is 2.13. The van der Waals surface area contributed by atoms with Crippen LogP contribution < -0.4 is 10.1 Å². The Morgan fingerprint density at radius 2 is 1.80 bits per heavy atom. The summed E-state index contributed by atoms with van der Waals surface area (Å²) in [6, 6.07) is 9.43. The Labute approximate surface area is 146 Å². The highest BCUT2D eigenvalue weighted by molar-refractivity contribution is 6.05. The maximum Gasteiger partial charge on any atom is 0.339 e. The topological polar surface area (TPSA) is 95.9 Å². The van der Waals surface area contributed by atoms with Crippen LogP contribution in [0.5, 0.6) is 11.5 Å². The number of benzene rings is 2. The highest BCUT2D eigenvalue weighted by Crippen LogP contribution is 2.27. The molecule has 0 aliphatic heterocycles. The van der Waals surface area contributed by atoms with Crippen molar-refractivity contribution in [2.24, 2.45) is 5.92 Å². The summed E-state index contributed by atoms with van der Waals surface area (Å²) >= 11 is 0. The molecule has 0 atom stereocenters. The van der Waals surface area contributed by atoms with Crippen molar-refractivity contribution in [3.63, 3.8) is 0 Å². The molecule has 6 nitrogen and oxygen atoms in total. The lowest BCUT2D eigenvalue weighted by Crippen LogP contribution is -2.13. The van der Waals surface area contributed by atoms with Gasteiger partial charge in [-0.3, -0.25) is 4.79 Å². The number of carboxylic acid groups (broad SMARTS) is 1. The summed E-state index contributed by atoms with van der Waals surface area (Å²) in [7, 11) is 0. The van der Waals surface area contributed by atoms with Crippen LogP contribution in [-0.4, -0.2) is 28.7 Å². The molecule has 0 fully saturated rings. The monoisotopic (exact) mass is 343 g/mol. The number of nitrogens with one attached hydrogen (secondary N) is 1. The zero-order valence-corrected chi connectivity index (χ0v) is 14.4. The van der Waals surface area contributed by atoms with Gasteiger partial charge < -0.3 is 20.3 Å². The Hall–Kier alpha value is -3.02. The highest BCUT2D eigenvalue weighted by atomic mass is 16.5. The van der Waals surface area contributed by atoms with Gasteiger partial charge in [0.2, 0.25) is 0 Å². The molecule has 0 aliphatic rings. The molecule has 1 amide bonds. The van der Waals surface area contributed by atoms with E-state index in [1.54, 1.807) is 31.2 Å². The van der Waals surface area contributed by atoms with Crippen LogP contribution in [-0.2, 0) is 0 Å². The summed E-state index contributed by atoms with van der Waals surface area (Å²) in [6.07, 6.45) is 0. The molecule has 0 unspecified atom stereocenters. The second-order valence-electron chi connectivity index (χ2n) is 6.18. The van der Waals surface area contributed by atoms with E-state index in [0.29, 0.717) is 35.1 Å². The summed E-state index contributed by atoms with van der Waals surface area (Å²) in [5.41, 5.74) is 0.831. The molecule has 2 rings (SSSR count). The molecule has 0 spiro atoms. The van der Waals surface area contributed by atoms with Gasteiger partial charge in [0.05, 0.1) is 6.61 Å². The first-order valence-electron chi connectivity index (χ1n) is 7.89. The Morgan fingerprint density at radius 1 is 1.16 bits per heavy atom. The molecule has 2 aromatic rings. The standard InChI is InChI=1S/C19H21NO5/c1-11(2)10-25-15-6-4-13(5-7-15)18(22)20-14-8-12(3)17(21)16(9-14)19(23)24/h4-9,11,21H,10H2,1-3H3,(H,20,22)(H,23,24). The van der Waals surface area contributed by atoms with Gasteiger partial charge in [0.25, 0.3) is 5.91 Å².